The fourth-order valence-electron chi connectivity index (χ4n) is 2.51. The van der Waals surface area contributed by atoms with Gasteiger partial charge in [-0.2, -0.15) is 0 Å². The Labute approximate surface area is 153 Å². The maximum absolute atomic E-state index is 12.7. The van der Waals surface area contributed by atoms with Crippen molar-refractivity contribution in [3.8, 4) is 5.75 Å². The molecular formula is C20H20N2O3S. The number of hydrogen-bond donors (Lipinski definition) is 2. The number of ether oxygens (including phenoxy) is 1. The van der Waals surface area contributed by atoms with Gasteiger partial charge in [0.25, 0.3) is 10.0 Å². The molecular weight excluding hydrogens is 348 g/mol. The van der Waals surface area contributed by atoms with E-state index in [1.165, 1.54) is 7.11 Å². The minimum absolute atomic E-state index is 0.117. The van der Waals surface area contributed by atoms with Crippen LogP contribution < -0.4 is 14.8 Å². The van der Waals surface area contributed by atoms with Crippen LogP contribution in [-0.2, 0) is 10.0 Å². The Morgan fingerprint density at radius 2 is 1.42 bits per heavy atom. The molecule has 26 heavy (non-hydrogen) atoms. The molecule has 2 N–H and O–H groups in total. The number of rotatable bonds is 6. The Morgan fingerprint density at radius 1 is 0.808 bits per heavy atom. The monoisotopic (exact) mass is 368 g/mol. The van der Waals surface area contributed by atoms with E-state index >= 15 is 0 Å². The van der Waals surface area contributed by atoms with Gasteiger partial charge in [0, 0.05) is 17.1 Å². The highest BCUT2D eigenvalue weighted by Crippen LogP contribution is 2.27. The van der Waals surface area contributed by atoms with E-state index in [2.05, 4.69) is 10.0 Å². The molecule has 3 aromatic rings. The molecule has 0 aliphatic heterocycles. The van der Waals surface area contributed by atoms with Crippen LogP contribution in [0.25, 0.3) is 0 Å². The Morgan fingerprint density at radius 3 is 2.08 bits per heavy atom. The molecule has 134 valence electrons. The minimum Gasteiger partial charge on any atom is -0.495 e. The Balaban J connectivity index is 1.79. The lowest BCUT2D eigenvalue weighted by Gasteiger charge is -2.13. The Hall–Kier alpha value is -2.99. The molecule has 0 saturated heterocycles. The number of anilines is 3. The van der Waals surface area contributed by atoms with Gasteiger partial charge in [-0.3, -0.25) is 4.72 Å². The second kappa shape index (κ2) is 7.49. The van der Waals surface area contributed by atoms with E-state index in [-0.39, 0.29) is 4.90 Å². The molecule has 0 heterocycles. The standard InChI is InChI=1S/C20H20N2O3S/c1-15-8-13-19(25-2)20(14-15)26(23,24)22-18-11-9-17(10-12-18)21-16-6-4-3-5-7-16/h3-14,21-22H,1-2H3. The van der Waals surface area contributed by atoms with Crippen molar-refractivity contribution in [3.63, 3.8) is 0 Å². The molecule has 5 nitrogen and oxygen atoms in total. The number of aryl methyl sites for hydroxylation is 1. The molecule has 0 radical (unpaired) electrons. The van der Waals surface area contributed by atoms with Crippen molar-refractivity contribution < 1.29 is 13.2 Å². The summed E-state index contributed by atoms with van der Waals surface area (Å²) < 4.78 is 33.2. The molecule has 0 aliphatic carbocycles. The SMILES string of the molecule is COc1ccc(C)cc1S(=O)(=O)Nc1ccc(Nc2ccccc2)cc1. The van der Waals surface area contributed by atoms with Crippen molar-refractivity contribution in [2.24, 2.45) is 0 Å². The van der Waals surface area contributed by atoms with Gasteiger partial charge in [-0.15, -0.1) is 0 Å². The summed E-state index contributed by atoms with van der Waals surface area (Å²) >= 11 is 0. The van der Waals surface area contributed by atoms with Crippen molar-refractivity contribution in [3.05, 3.63) is 78.4 Å². The van der Waals surface area contributed by atoms with Crippen molar-refractivity contribution in [1.29, 1.82) is 0 Å². The van der Waals surface area contributed by atoms with Crippen LogP contribution in [-0.4, -0.2) is 15.5 Å². The zero-order valence-corrected chi connectivity index (χ0v) is 15.4. The third-order valence-corrected chi connectivity index (χ3v) is 5.21. The molecule has 0 atom stereocenters. The van der Waals surface area contributed by atoms with Crippen LogP contribution in [0, 0.1) is 6.92 Å². The molecule has 0 unspecified atom stereocenters. The summed E-state index contributed by atoms with van der Waals surface area (Å²) in [6.07, 6.45) is 0. The van der Waals surface area contributed by atoms with Gasteiger partial charge in [0.2, 0.25) is 0 Å². The Kier molecular flexibility index (Phi) is 5.14. The Bertz CT molecular complexity index is 985. The predicted octanol–water partition coefficient (Wildman–Crippen LogP) is 4.55. The lowest BCUT2D eigenvalue weighted by Crippen LogP contribution is -2.14. The van der Waals surface area contributed by atoms with Crippen molar-refractivity contribution >= 4 is 27.1 Å². The van der Waals surface area contributed by atoms with Crippen LogP contribution in [0.3, 0.4) is 0 Å². The van der Waals surface area contributed by atoms with Crippen molar-refractivity contribution in [1.82, 2.24) is 0 Å². The molecule has 3 rings (SSSR count). The van der Waals surface area contributed by atoms with Gasteiger partial charge in [0.15, 0.2) is 0 Å². The van der Waals surface area contributed by atoms with Gasteiger partial charge >= 0.3 is 0 Å². The first-order chi connectivity index (χ1) is 12.5. The van der Waals surface area contributed by atoms with E-state index in [0.717, 1.165) is 16.9 Å². The first-order valence-corrected chi connectivity index (χ1v) is 9.56. The van der Waals surface area contributed by atoms with E-state index in [0.29, 0.717) is 11.4 Å². The summed E-state index contributed by atoms with van der Waals surface area (Å²) in [5, 5.41) is 3.25. The van der Waals surface area contributed by atoms with Gasteiger partial charge < -0.3 is 10.1 Å². The van der Waals surface area contributed by atoms with E-state index in [1.54, 1.807) is 24.3 Å². The molecule has 0 spiro atoms. The molecule has 0 aromatic heterocycles. The number of methoxy groups -OCH3 is 1. The first-order valence-electron chi connectivity index (χ1n) is 8.07. The number of nitrogens with one attached hydrogen (secondary N) is 2. The summed E-state index contributed by atoms with van der Waals surface area (Å²) in [6.45, 7) is 1.84. The van der Waals surface area contributed by atoms with E-state index in [9.17, 15) is 8.42 Å². The first kappa shape index (κ1) is 17.8. The summed E-state index contributed by atoms with van der Waals surface area (Å²) in [5.74, 6) is 0.311. The lowest BCUT2D eigenvalue weighted by atomic mass is 10.2. The maximum Gasteiger partial charge on any atom is 0.265 e. The van der Waals surface area contributed by atoms with Crippen molar-refractivity contribution in [2.75, 3.05) is 17.1 Å². The van der Waals surface area contributed by atoms with Crippen LogP contribution >= 0.6 is 0 Å². The van der Waals surface area contributed by atoms with Crippen LogP contribution in [0.2, 0.25) is 0 Å². The molecule has 3 aromatic carbocycles. The summed E-state index contributed by atoms with van der Waals surface area (Å²) in [5.41, 5.74) is 3.15. The van der Waals surface area contributed by atoms with Crippen LogP contribution in [0.1, 0.15) is 5.56 Å². The largest absolute Gasteiger partial charge is 0.495 e. The normalized spacial score (nSPS) is 11.0. The highest BCUT2D eigenvalue weighted by molar-refractivity contribution is 7.92. The molecule has 0 fully saturated rings. The summed E-state index contributed by atoms with van der Waals surface area (Å²) in [4.78, 5) is 0.117. The molecule has 0 saturated carbocycles. The summed E-state index contributed by atoms with van der Waals surface area (Å²) in [7, 11) is -2.29. The van der Waals surface area contributed by atoms with Crippen LogP contribution in [0.5, 0.6) is 5.75 Å². The summed E-state index contributed by atoms with van der Waals surface area (Å²) in [6, 6.07) is 21.9. The van der Waals surface area contributed by atoms with Gasteiger partial charge in [0.05, 0.1) is 7.11 Å². The second-order valence-electron chi connectivity index (χ2n) is 5.83. The highest BCUT2D eigenvalue weighted by Gasteiger charge is 2.19. The fraction of sp³-hybridized carbons (Fsp3) is 0.100. The van der Waals surface area contributed by atoms with Gasteiger partial charge in [0.1, 0.15) is 10.6 Å². The van der Waals surface area contributed by atoms with Gasteiger partial charge in [-0.25, -0.2) is 8.42 Å². The van der Waals surface area contributed by atoms with Crippen molar-refractivity contribution in [2.45, 2.75) is 11.8 Å². The number of para-hydroxylation sites is 1. The zero-order valence-electron chi connectivity index (χ0n) is 14.6. The quantitative estimate of drug-likeness (QED) is 0.670. The maximum atomic E-state index is 12.7. The topological polar surface area (TPSA) is 67.4 Å². The number of sulfonamides is 1. The smallest absolute Gasteiger partial charge is 0.265 e. The highest BCUT2D eigenvalue weighted by atomic mass is 32.2. The number of hydrogen-bond acceptors (Lipinski definition) is 4. The van der Waals surface area contributed by atoms with E-state index in [1.807, 2.05) is 55.5 Å². The molecule has 0 aliphatic rings. The third-order valence-electron chi connectivity index (χ3n) is 3.81. The van der Waals surface area contributed by atoms with Crippen LogP contribution in [0.4, 0.5) is 17.1 Å². The lowest BCUT2D eigenvalue weighted by molar-refractivity contribution is 0.402. The average molecular weight is 368 g/mol. The molecule has 0 amide bonds. The van der Waals surface area contributed by atoms with Crippen LogP contribution in [0.15, 0.2) is 77.7 Å². The molecule has 6 heteroatoms. The second-order valence-corrected chi connectivity index (χ2v) is 7.48. The zero-order chi connectivity index (χ0) is 18.6. The predicted molar refractivity (Wildman–Crippen MR) is 105 cm³/mol. The average Bonchev–Trinajstić information content (AvgIpc) is 2.64. The minimum atomic E-state index is -3.75. The van der Waals surface area contributed by atoms with E-state index in [4.69, 9.17) is 4.74 Å². The molecule has 0 bridgehead atoms. The van der Waals surface area contributed by atoms with Gasteiger partial charge in [-0.1, -0.05) is 24.3 Å². The van der Waals surface area contributed by atoms with Gasteiger partial charge in [-0.05, 0) is 61.0 Å². The third kappa shape index (κ3) is 4.15. The fourth-order valence-corrected chi connectivity index (χ4v) is 3.83. The number of benzene rings is 3. The van der Waals surface area contributed by atoms with E-state index < -0.39 is 10.0 Å².